The summed E-state index contributed by atoms with van der Waals surface area (Å²) in [6.45, 7) is 0.869. The molecule has 0 saturated heterocycles. The Morgan fingerprint density at radius 2 is 2.04 bits per heavy atom. The van der Waals surface area contributed by atoms with Gasteiger partial charge in [-0.15, -0.1) is 0 Å². The zero-order valence-corrected chi connectivity index (χ0v) is 14.7. The Morgan fingerprint density at radius 3 is 2.85 bits per heavy atom. The van der Waals surface area contributed by atoms with E-state index in [4.69, 9.17) is 4.42 Å². The molecule has 0 atom stereocenters. The van der Waals surface area contributed by atoms with E-state index in [1.54, 1.807) is 12.5 Å². The SMILES string of the molecule is O=C(O)c1ccc2c(C3CCCCC3)c3n(c2c1)CCCc1ocnc1-3. The van der Waals surface area contributed by atoms with E-state index in [0.29, 0.717) is 11.5 Å². The van der Waals surface area contributed by atoms with Crippen molar-refractivity contribution in [2.75, 3.05) is 0 Å². The summed E-state index contributed by atoms with van der Waals surface area (Å²) in [5, 5.41) is 10.6. The lowest BCUT2D eigenvalue weighted by atomic mass is 9.82. The van der Waals surface area contributed by atoms with E-state index in [1.165, 1.54) is 43.1 Å². The van der Waals surface area contributed by atoms with E-state index in [9.17, 15) is 9.90 Å². The number of fused-ring (bicyclic) bond motifs is 5. The second kappa shape index (κ2) is 6.01. The quantitative estimate of drug-likeness (QED) is 0.707. The number of oxazole rings is 1. The summed E-state index contributed by atoms with van der Waals surface area (Å²) >= 11 is 0. The van der Waals surface area contributed by atoms with Crippen molar-refractivity contribution in [2.45, 2.75) is 57.4 Å². The maximum Gasteiger partial charge on any atom is 0.335 e. The summed E-state index contributed by atoms with van der Waals surface area (Å²) in [7, 11) is 0. The van der Waals surface area contributed by atoms with Gasteiger partial charge in [-0.1, -0.05) is 25.3 Å². The largest absolute Gasteiger partial charge is 0.478 e. The first-order chi connectivity index (χ1) is 12.7. The predicted molar refractivity (Wildman–Crippen MR) is 98.5 cm³/mol. The number of aryl methyl sites for hydroxylation is 2. The van der Waals surface area contributed by atoms with Gasteiger partial charge in [0.25, 0.3) is 0 Å². The van der Waals surface area contributed by atoms with Gasteiger partial charge in [-0.3, -0.25) is 0 Å². The molecule has 2 aliphatic rings. The third-order valence-corrected chi connectivity index (χ3v) is 6.01. The van der Waals surface area contributed by atoms with E-state index in [0.717, 1.165) is 42.1 Å². The second-order valence-electron chi connectivity index (χ2n) is 7.51. The third-order valence-electron chi connectivity index (χ3n) is 6.01. The van der Waals surface area contributed by atoms with Crippen LogP contribution in [0.5, 0.6) is 0 Å². The predicted octanol–water partition coefficient (Wildman–Crippen LogP) is 4.99. The molecular formula is C21H22N2O3. The Balaban J connectivity index is 1.83. The second-order valence-corrected chi connectivity index (χ2v) is 7.51. The lowest BCUT2D eigenvalue weighted by molar-refractivity contribution is 0.0697. The average Bonchev–Trinajstić information content (AvgIpc) is 3.20. The molecule has 5 heteroatoms. The van der Waals surface area contributed by atoms with E-state index >= 15 is 0 Å². The van der Waals surface area contributed by atoms with Crippen LogP contribution >= 0.6 is 0 Å². The molecule has 1 fully saturated rings. The molecule has 0 spiro atoms. The maximum absolute atomic E-state index is 11.5. The van der Waals surface area contributed by atoms with Crippen molar-refractivity contribution in [1.29, 1.82) is 0 Å². The summed E-state index contributed by atoms with van der Waals surface area (Å²) in [5.41, 5.74) is 4.84. The van der Waals surface area contributed by atoms with Crippen LogP contribution in [0.4, 0.5) is 0 Å². The molecular weight excluding hydrogens is 328 g/mol. The lowest BCUT2D eigenvalue weighted by Crippen LogP contribution is -2.07. The molecule has 26 heavy (non-hydrogen) atoms. The van der Waals surface area contributed by atoms with Crippen LogP contribution in [0.15, 0.2) is 29.0 Å². The van der Waals surface area contributed by atoms with Gasteiger partial charge >= 0.3 is 5.97 Å². The number of hydrogen-bond donors (Lipinski definition) is 1. The molecule has 3 heterocycles. The van der Waals surface area contributed by atoms with Crippen LogP contribution in [-0.2, 0) is 13.0 Å². The molecule has 1 N–H and O–H groups in total. The Hall–Kier alpha value is -2.56. The fourth-order valence-corrected chi connectivity index (χ4v) is 4.84. The fraction of sp³-hybridized carbons (Fsp3) is 0.429. The molecule has 1 aromatic carbocycles. The van der Waals surface area contributed by atoms with Crippen LogP contribution in [0.2, 0.25) is 0 Å². The zero-order valence-electron chi connectivity index (χ0n) is 14.7. The van der Waals surface area contributed by atoms with Crippen molar-refractivity contribution in [3.8, 4) is 11.4 Å². The first kappa shape index (κ1) is 15.7. The number of nitrogens with zero attached hydrogens (tertiary/aromatic N) is 2. The van der Waals surface area contributed by atoms with Crippen molar-refractivity contribution < 1.29 is 14.3 Å². The molecule has 134 valence electrons. The number of carbonyl (C=O) groups is 1. The van der Waals surface area contributed by atoms with Crippen LogP contribution in [-0.4, -0.2) is 20.6 Å². The molecule has 1 aliphatic heterocycles. The Labute approximate surface area is 151 Å². The van der Waals surface area contributed by atoms with E-state index in [2.05, 4.69) is 9.55 Å². The third kappa shape index (κ3) is 2.30. The Kier molecular flexibility index (Phi) is 3.62. The first-order valence-corrected chi connectivity index (χ1v) is 9.56. The van der Waals surface area contributed by atoms with Gasteiger partial charge in [0.05, 0.1) is 11.3 Å². The normalized spacial score (nSPS) is 17.7. The molecule has 0 bridgehead atoms. The minimum absolute atomic E-state index is 0.345. The number of aromatic nitrogens is 2. The van der Waals surface area contributed by atoms with Gasteiger partial charge in [0, 0.05) is 23.9 Å². The van der Waals surface area contributed by atoms with Gasteiger partial charge in [0.2, 0.25) is 0 Å². The number of carboxylic acids is 1. The topological polar surface area (TPSA) is 68.3 Å². The van der Waals surface area contributed by atoms with E-state index in [1.807, 2.05) is 12.1 Å². The first-order valence-electron chi connectivity index (χ1n) is 9.56. The van der Waals surface area contributed by atoms with Crippen LogP contribution in [0.1, 0.15) is 66.1 Å². The highest BCUT2D eigenvalue weighted by atomic mass is 16.4. The summed E-state index contributed by atoms with van der Waals surface area (Å²) in [6.07, 6.45) is 9.61. The number of carboxylic acid groups (broad SMARTS) is 1. The van der Waals surface area contributed by atoms with Crippen molar-refractivity contribution in [3.63, 3.8) is 0 Å². The highest BCUT2D eigenvalue weighted by Crippen LogP contribution is 2.45. The van der Waals surface area contributed by atoms with E-state index < -0.39 is 5.97 Å². The number of benzene rings is 1. The molecule has 0 radical (unpaired) electrons. The minimum atomic E-state index is -0.877. The standard InChI is InChI=1S/C21H22N2O3/c24-21(25)14-8-9-15-16(11-14)23-10-4-7-17-19(22-12-26-17)20(23)18(15)13-5-2-1-3-6-13/h8-9,11-13H,1-7,10H2,(H,24,25). The van der Waals surface area contributed by atoms with Crippen LogP contribution < -0.4 is 0 Å². The summed E-state index contributed by atoms with van der Waals surface area (Å²) < 4.78 is 7.97. The highest BCUT2D eigenvalue weighted by molar-refractivity contribution is 5.98. The van der Waals surface area contributed by atoms with Crippen LogP contribution in [0.3, 0.4) is 0 Å². The van der Waals surface area contributed by atoms with Crippen molar-refractivity contribution in [2.24, 2.45) is 0 Å². The Bertz CT molecular complexity index is 992. The molecule has 1 aliphatic carbocycles. The highest BCUT2D eigenvalue weighted by Gasteiger charge is 2.30. The lowest BCUT2D eigenvalue weighted by Gasteiger charge is -2.23. The van der Waals surface area contributed by atoms with Crippen LogP contribution in [0, 0.1) is 0 Å². The summed E-state index contributed by atoms with van der Waals surface area (Å²) in [4.78, 5) is 16.1. The molecule has 0 amide bonds. The number of aromatic carboxylic acids is 1. The average molecular weight is 350 g/mol. The maximum atomic E-state index is 11.5. The summed E-state index contributed by atoms with van der Waals surface area (Å²) in [5.74, 6) is 0.598. The van der Waals surface area contributed by atoms with Gasteiger partial charge in [-0.2, -0.15) is 0 Å². The van der Waals surface area contributed by atoms with Gasteiger partial charge in [0.1, 0.15) is 11.5 Å². The van der Waals surface area contributed by atoms with Crippen molar-refractivity contribution in [3.05, 3.63) is 41.5 Å². The molecule has 5 rings (SSSR count). The smallest absolute Gasteiger partial charge is 0.335 e. The van der Waals surface area contributed by atoms with Gasteiger partial charge < -0.3 is 14.1 Å². The number of rotatable bonds is 2. The zero-order chi connectivity index (χ0) is 17.7. The molecule has 5 nitrogen and oxygen atoms in total. The fourth-order valence-electron chi connectivity index (χ4n) is 4.84. The molecule has 2 aromatic heterocycles. The van der Waals surface area contributed by atoms with Gasteiger partial charge in [0.15, 0.2) is 6.39 Å². The van der Waals surface area contributed by atoms with Crippen LogP contribution in [0.25, 0.3) is 22.3 Å². The van der Waals surface area contributed by atoms with Gasteiger partial charge in [-0.05, 0) is 42.9 Å². The van der Waals surface area contributed by atoms with E-state index in [-0.39, 0.29) is 0 Å². The van der Waals surface area contributed by atoms with Crippen molar-refractivity contribution >= 4 is 16.9 Å². The van der Waals surface area contributed by atoms with Crippen molar-refractivity contribution in [1.82, 2.24) is 9.55 Å². The monoisotopic (exact) mass is 350 g/mol. The molecule has 0 unspecified atom stereocenters. The van der Waals surface area contributed by atoms with Gasteiger partial charge in [-0.25, -0.2) is 9.78 Å². The Morgan fingerprint density at radius 1 is 1.19 bits per heavy atom. The number of hydrogen-bond acceptors (Lipinski definition) is 3. The summed E-state index contributed by atoms with van der Waals surface area (Å²) in [6, 6.07) is 5.57. The molecule has 3 aromatic rings. The minimum Gasteiger partial charge on any atom is -0.478 e. The molecule has 1 saturated carbocycles.